The lowest BCUT2D eigenvalue weighted by Gasteiger charge is -2.39. The number of fused-ring (bicyclic) bond motifs is 13. The van der Waals surface area contributed by atoms with E-state index in [0.29, 0.717) is 5.02 Å². The first-order valence-corrected chi connectivity index (χ1v) is 13.5. The first-order valence-electron chi connectivity index (χ1n) is 11.5. The van der Waals surface area contributed by atoms with E-state index in [-0.39, 0.29) is 0 Å². The van der Waals surface area contributed by atoms with Crippen LogP contribution in [0.5, 0.6) is 0 Å². The number of furan rings is 1. The average molecular weight is 552 g/mol. The maximum atomic E-state index is 6.53. The fraction of sp³-hybridized carbons (Fsp3) is 0.0323. The highest BCUT2D eigenvalue weighted by molar-refractivity contribution is 9.10. The molecule has 1 aromatic heterocycles. The minimum Gasteiger partial charge on any atom is -0.455 e. The molecule has 35 heavy (non-hydrogen) atoms. The topological polar surface area (TPSA) is 13.1 Å². The van der Waals surface area contributed by atoms with Crippen molar-refractivity contribution in [2.24, 2.45) is 0 Å². The molecule has 0 bridgehead atoms. The van der Waals surface area contributed by atoms with Gasteiger partial charge in [-0.2, -0.15) is 0 Å². The SMILES string of the molecule is Clc1ccc2c(c1)oc1c3c(ccc12)C1(c2cc(Br)ccc2S3)c2ccccc2-c2ccccc21. The van der Waals surface area contributed by atoms with Crippen LogP contribution in [0.15, 0.2) is 116 Å². The van der Waals surface area contributed by atoms with Crippen LogP contribution >= 0.6 is 39.3 Å². The van der Waals surface area contributed by atoms with E-state index >= 15 is 0 Å². The summed E-state index contributed by atoms with van der Waals surface area (Å²) in [5.74, 6) is 0. The molecule has 8 rings (SSSR count). The molecule has 1 nitrogen and oxygen atoms in total. The Morgan fingerprint density at radius 1 is 0.686 bits per heavy atom. The molecule has 0 atom stereocenters. The van der Waals surface area contributed by atoms with Gasteiger partial charge in [-0.25, -0.2) is 0 Å². The van der Waals surface area contributed by atoms with E-state index in [0.717, 1.165) is 26.4 Å². The Bertz CT molecular complexity index is 1820. The van der Waals surface area contributed by atoms with Gasteiger partial charge in [-0.1, -0.05) is 100.0 Å². The van der Waals surface area contributed by atoms with Crippen LogP contribution in [0, 0.1) is 0 Å². The summed E-state index contributed by atoms with van der Waals surface area (Å²) in [4.78, 5) is 2.43. The van der Waals surface area contributed by atoms with Crippen molar-refractivity contribution in [3.05, 3.63) is 129 Å². The second kappa shape index (κ2) is 7.04. The molecule has 0 saturated heterocycles. The van der Waals surface area contributed by atoms with Crippen LogP contribution in [0.1, 0.15) is 22.3 Å². The van der Waals surface area contributed by atoms with E-state index in [1.54, 1.807) is 11.8 Å². The normalized spacial score (nSPS) is 14.7. The zero-order valence-electron chi connectivity index (χ0n) is 18.3. The summed E-state index contributed by atoms with van der Waals surface area (Å²) in [6, 6.07) is 34.8. The van der Waals surface area contributed by atoms with Crippen molar-refractivity contribution in [1.82, 2.24) is 0 Å². The highest BCUT2D eigenvalue weighted by atomic mass is 79.9. The second-order valence-corrected chi connectivity index (χ2v) is 11.5. The van der Waals surface area contributed by atoms with E-state index in [1.807, 2.05) is 12.1 Å². The molecule has 1 aliphatic heterocycles. The van der Waals surface area contributed by atoms with Crippen molar-refractivity contribution in [2.75, 3.05) is 0 Å². The Hall–Kier alpha value is -2.98. The molecular formula is C31H16BrClOS. The van der Waals surface area contributed by atoms with E-state index in [1.165, 1.54) is 43.2 Å². The van der Waals surface area contributed by atoms with Crippen molar-refractivity contribution in [2.45, 2.75) is 15.2 Å². The maximum absolute atomic E-state index is 6.53. The highest BCUT2D eigenvalue weighted by Crippen LogP contribution is 2.63. The van der Waals surface area contributed by atoms with Crippen LogP contribution < -0.4 is 0 Å². The highest BCUT2D eigenvalue weighted by Gasteiger charge is 2.50. The first kappa shape index (κ1) is 20.2. The predicted octanol–water partition coefficient (Wildman–Crippen LogP) is 9.83. The van der Waals surface area contributed by atoms with Crippen LogP contribution in [0.25, 0.3) is 33.1 Å². The number of rotatable bonds is 0. The van der Waals surface area contributed by atoms with Crippen LogP contribution in [0.4, 0.5) is 0 Å². The van der Waals surface area contributed by atoms with Crippen molar-refractivity contribution in [1.29, 1.82) is 0 Å². The molecule has 0 radical (unpaired) electrons. The Labute approximate surface area is 219 Å². The third-order valence-electron chi connectivity index (χ3n) is 7.47. The molecule has 5 aromatic carbocycles. The second-order valence-electron chi connectivity index (χ2n) is 9.15. The molecule has 166 valence electrons. The largest absolute Gasteiger partial charge is 0.455 e. The van der Waals surface area contributed by atoms with Gasteiger partial charge in [0, 0.05) is 31.2 Å². The van der Waals surface area contributed by atoms with Gasteiger partial charge in [0.15, 0.2) is 0 Å². The molecule has 6 aromatic rings. The van der Waals surface area contributed by atoms with E-state index in [2.05, 4.69) is 101 Å². The maximum Gasteiger partial charge on any atom is 0.149 e. The summed E-state index contributed by atoms with van der Waals surface area (Å²) < 4.78 is 7.62. The molecule has 0 saturated carbocycles. The summed E-state index contributed by atoms with van der Waals surface area (Å²) in [5, 5.41) is 2.90. The number of hydrogen-bond donors (Lipinski definition) is 0. The van der Waals surface area contributed by atoms with Crippen LogP contribution in [-0.4, -0.2) is 0 Å². The Morgan fingerprint density at radius 3 is 2.17 bits per heavy atom. The smallest absolute Gasteiger partial charge is 0.149 e. The fourth-order valence-electron chi connectivity index (χ4n) is 6.14. The zero-order valence-corrected chi connectivity index (χ0v) is 21.5. The molecule has 4 heteroatoms. The van der Waals surface area contributed by atoms with Crippen molar-refractivity contribution < 1.29 is 4.42 Å². The minimum atomic E-state index is -0.419. The number of halogens is 2. The van der Waals surface area contributed by atoms with Crippen molar-refractivity contribution in [3.63, 3.8) is 0 Å². The lowest BCUT2D eigenvalue weighted by molar-refractivity contribution is 0.648. The van der Waals surface area contributed by atoms with Crippen molar-refractivity contribution in [3.8, 4) is 11.1 Å². The third-order valence-corrected chi connectivity index (χ3v) is 9.39. The van der Waals surface area contributed by atoms with E-state index < -0.39 is 5.41 Å². The van der Waals surface area contributed by atoms with Gasteiger partial charge in [0.1, 0.15) is 11.2 Å². The molecule has 2 aliphatic rings. The van der Waals surface area contributed by atoms with Crippen LogP contribution in [0.2, 0.25) is 5.02 Å². The van der Waals surface area contributed by atoms with Crippen molar-refractivity contribution >= 4 is 61.2 Å². The Kier molecular flexibility index (Phi) is 4.07. The van der Waals surface area contributed by atoms with Gasteiger partial charge in [0.05, 0.1) is 10.3 Å². The van der Waals surface area contributed by atoms with Gasteiger partial charge in [0.25, 0.3) is 0 Å². The standard InChI is InChI=1S/C31H16BrClOS/c32-17-9-14-28-26(15-17)31(23-7-3-1-5-19(23)20-6-2-4-8-24(20)31)25-13-12-22-21-11-10-18(33)16-27(21)34-29(22)30(25)35-28/h1-16H. The molecular weight excluding hydrogens is 536 g/mol. The minimum absolute atomic E-state index is 0.419. The lowest BCUT2D eigenvalue weighted by atomic mass is 9.67. The van der Waals surface area contributed by atoms with Crippen LogP contribution in [-0.2, 0) is 5.41 Å². The molecule has 0 amide bonds. The molecule has 0 fully saturated rings. The van der Waals surface area contributed by atoms with Gasteiger partial charge < -0.3 is 4.42 Å². The summed E-state index contributed by atoms with van der Waals surface area (Å²) in [7, 11) is 0. The van der Waals surface area contributed by atoms with Gasteiger partial charge in [0.2, 0.25) is 0 Å². The van der Waals surface area contributed by atoms with Crippen LogP contribution in [0.3, 0.4) is 0 Å². The van der Waals surface area contributed by atoms with E-state index in [4.69, 9.17) is 16.0 Å². The Morgan fingerprint density at radius 2 is 1.40 bits per heavy atom. The number of benzene rings is 5. The summed E-state index contributed by atoms with van der Waals surface area (Å²) >= 11 is 11.9. The summed E-state index contributed by atoms with van der Waals surface area (Å²) in [6.45, 7) is 0. The average Bonchev–Trinajstić information content (AvgIpc) is 3.39. The molecule has 0 N–H and O–H groups in total. The Balaban J connectivity index is 1.58. The third kappa shape index (κ3) is 2.51. The van der Waals surface area contributed by atoms with Gasteiger partial charge in [-0.15, -0.1) is 0 Å². The molecule has 2 heterocycles. The van der Waals surface area contributed by atoms with E-state index in [9.17, 15) is 0 Å². The van der Waals surface area contributed by atoms with Gasteiger partial charge >= 0.3 is 0 Å². The molecule has 1 aliphatic carbocycles. The summed E-state index contributed by atoms with van der Waals surface area (Å²) in [5.41, 5.74) is 9.14. The molecule has 0 unspecified atom stereocenters. The monoisotopic (exact) mass is 550 g/mol. The number of hydrogen-bond acceptors (Lipinski definition) is 2. The zero-order chi connectivity index (χ0) is 23.3. The van der Waals surface area contributed by atoms with Gasteiger partial charge in [-0.05, 0) is 63.7 Å². The summed E-state index contributed by atoms with van der Waals surface area (Å²) in [6.07, 6.45) is 0. The predicted molar refractivity (Wildman–Crippen MR) is 148 cm³/mol. The quantitative estimate of drug-likeness (QED) is 0.186. The first-order chi connectivity index (χ1) is 17.2. The van der Waals surface area contributed by atoms with Gasteiger partial charge in [-0.3, -0.25) is 0 Å². The lowest BCUT2D eigenvalue weighted by Crippen LogP contribution is -2.32. The molecule has 1 spiro atoms. The fourth-order valence-corrected chi connectivity index (χ4v) is 7.92.